The lowest BCUT2D eigenvalue weighted by Gasteiger charge is -2.28. The largest absolute Gasteiger partial charge is 0.487 e. The minimum absolute atomic E-state index is 0.131. The number of ether oxygens (including phenoxy) is 2. The van der Waals surface area contributed by atoms with Crippen LogP contribution in [0.25, 0.3) is 5.69 Å². The number of carbonyl (C=O) groups excluding carboxylic acids is 1. The van der Waals surface area contributed by atoms with Crippen LogP contribution in [0.2, 0.25) is 0 Å². The van der Waals surface area contributed by atoms with Crippen molar-refractivity contribution in [1.29, 1.82) is 0 Å². The molecule has 4 rings (SSSR count). The molecule has 0 amide bonds. The van der Waals surface area contributed by atoms with Crippen LogP contribution in [0.5, 0.6) is 5.75 Å². The molecule has 0 radical (unpaired) electrons. The average Bonchev–Trinajstić information content (AvgIpc) is 3.33. The van der Waals surface area contributed by atoms with Crippen LogP contribution in [0.1, 0.15) is 62.3 Å². The van der Waals surface area contributed by atoms with Crippen LogP contribution in [0.3, 0.4) is 0 Å². The summed E-state index contributed by atoms with van der Waals surface area (Å²) in [4.78, 5) is 13.2. The lowest BCUT2D eigenvalue weighted by Crippen LogP contribution is -2.24. The van der Waals surface area contributed by atoms with Gasteiger partial charge >= 0.3 is 5.97 Å². The van der Waals surface area contributed by atoms with E-state index in [4.69, 9.17) is 14.6 Å². The highest BCUT2D eigenvalue weighted by atomic mass is 16.5. The predicted molar refractivity (Wildman–Crippen MR) is 116 cm³/mol. The van der Waals surface area contributed by atoms with Gasteiger partial charge in [0.15, 0.2) is 5.69 Å². The van der Waals surface area contributed by atoms with E-state index in [9.17, 15) is 4.79 Å². The van der Waals surface area contributed by atoms with Gasteiger partial charge in [-0.1, -0.05) is 39.8 Å². The van der Waals surface area contributed by atoms with Crippen LogP contribution in [-0.2, 0) is 17.6 Å². The van der Waals surface area contributed by atoms with Gasteiger partial charge in [0.1, 0.15) is 17.5 Å². The number of hydrogen-bond donors (Lipinski definition) is 1. The first-order chi connectivity index (χ1) is 14.3. The van der Waals surface area contributed by atoms with Crippen LogP contribution < -0.4 is 10.1 Å². The molecule has 0 saturated carbocycles. The van der Waals surface area contributed by atoms with E-state index in [1.54, 1.807) is 4.68 Å². The molecule has 0 spiro atoms. The van der Waals surface area contributed by atoms with E-state index >= 15 is 0 Å². The summed E-state index contributed by atoms with van der Waals surface area (Å²) in [6.45, 7) is 10.8. The number of aromatic nitrogens is 2. The van der Waals surface area contributed by atoms with Gasteiger partial charge in [-0.3, -0.25) is 0 Å². The second kappa shape index (κ2) is 8.42. The Labute approximate surface area is 178 Å². The number of esters is 1. The monoisotopic (exact) mass is 411 g/mol. The highest BCUT2D eigenvalue weighted by Gasteiger charge is 2.34. The van der Waals surface area contributed by atoms with Gasteiger partial charge in [0.05, 0.1) is 12.3 Å². The molecule has 1 aliphatic carbocycles. The third-order valence-corrected chi connectivity index (χ3v) is 5.90. The Balaban J connectivity index is 1.76. The standard InChI is InChI=1S/C24H33N3O3/c1-16(2)15-29-23(28)22-18-13-24(3,4)11-9-19(18)26-27(22)20-7-5-6-8-21(20)30-17-10-12-25-14-17/h5-8,16-17,25H,9-15H2,1-4H3/t17-/m0/s1. The first-order valence-corrected chi connectivity index (χ1v) is 11.1. The van der Waals surface area contributed by atoms with Gasteiger partial charge in [-0.15, -0.1) is 0 Å². The van der Waals surface area contributed by atoms with Gasteiger partial charge in [0, 0.05) is 12.1 Å². The maximum atomic E-state index is 13.2. The van der Waals surface area contributed by atoms with Crippen LogP contribution >= 0.6 is 0 Å². The molecule has 0 unspecified atom stereocenters. The van der Waals surface area contributed by atoms with Crippen molar-refractivity contribution < 1.29 is 14.3 Å². The van der Waals surface area contributed by atoms with Crippen molar-refractivity contribution in [3.05, 3.63) is 41.2 Å². The minimum atomic E-state index is -0.299. The van der Waals surface area contributed by atoms with Gasteiger partial charge in [-0.05, 0) is 55.7 Å². The number of aryl methyl sites for hydroxylation is 1. The van der Waals surface area contributed by atoms with Crippen molar-refractivity contribution in [1.82, 2.24) is 15.1 Å². The van der Waals surface area contributed by atoms with E-state index in [1.807, 2.05) is 38.1 Å². The maximum Gasteiger partial charge on any atom is 0.357 e. The smallest absolute Gasteiger partial charge is 0.357 e. The number of rotatable bonds is 6. The summed E-state index contributed by atoms with van der Waals surface area (Å²) in [5, 5.41) is 8.23. The van der Waals surface area contributed by atoms with Gasteiger partial charge in [0.2, 0.25) is 0 Å². The molecule has 1 aromatic heterocycles. The fourth-order valence-corrected chi connectivity index (χ4v) is 4.24. The number of carbonyl (C=O) groups is 1. The fraction of sp³-hybridized carbons (Fsp3) is 0.583. The fourth-order valence-electron chi connectivity index (χ4n) is 4.24. The van der Waals surface area contributed by atoms with Gasteiger partial charge in [0.25, 0.3) is 0 Å². The van der Waals surface area contributed by atoms with Crippen LogP contribution in [0.15, 0.2) is 24.3 Å². The normalized spacial score (nSPS) is 20.2. The second-order valence-electron chi connectivity index (χ2n) is 9.72. The lowest BCUT2D eigenvalue weighted by molar-refractivity contribution is 0.0446. The van der Waals surface area contributed by atoms with Crippen molar-refractivity contribution in [3.63, 3.8) is 0 Å². The zero-order chi connectivity index (χ0) is 21.3. The van der Waals surface area contributed by atoms with E-state index < -0.39 is 0 Å². The van der Waals surface area contributed by atoms with Gasteiger partial charge in [-0.25, -0.2) is 9.48 Å². The molecule has 1 aromatic carbocycles. The highest BCUT2D eigenvalue weighted by molar-refractivity contribution is 5.90. The van der Waals surface area contributed by atoms with Crippen LogP contribution in [0, 0.1) is 11.3 Å². The van der Waals surface area contributed by atoms with E-state index in [2.05, 4.69) is 19.2 Å². The third-order valence-electron chi connectivity index (χ3n) is 5.90. The molecule has 2 aliphatic rings. The molecule has 1 N–H and O–H groups in total. The van der Waals surface area contributed by atoms with E-state index in [0.717, 1.165) is 61.5 Å². The zero-order valence-electron chi connectivity index (χ0n) is 18.5. The Kier molecular flexibility index (Phi) is 5.87. The molecular weight excluding hydrogens is 378 g/mol. The van der Waals surface area contributed by atoms with Crippen molar-refractivity contribution in [2.45, 2.75) is 59.5 Å². The summed E-state index contributed by atoms with van der Waals surface area (Å²) >= 11 is 0. The van der Waals surface area contributed by atoms with Crippen LogP contribution in [0.4, 0.5) is 0 Å². The van der Waals surface area contributed by atoms with E-state index in [0.29, 0.717) is 12.3 Å². The molecule has 6 nitrogen and oxygen atoms in total. The minimum Gasteiger partial charge on any atom is -0.487 e. The highest BCUT2D eigenvalue weighted by Crippen LogP contribution is 2.38. The molecule has 1 atom stereocenters. The summed E-state index contributed by atoms with van der Waals surface area (Å²) in [7, 11) is 0. The summed E-state index contributed by atoms with van der Waals surface area (Å²) in [6.07, 6.45) is 3.86. The number of fused-ring (bicyclic) bond motifs is 1. The molecule has 30 heavy (non-hydrogen) atoms. The summed E-state index contributed by atoms with van der Waals surface area (Å²) < 4.78 is 13.7. The lowest BCUT2D eigenvalue weighted by atomic mass is 9.76. The van der Waals surface area contributed by atoms with E-state index in [1.165, 1.54) is 0 Å². The Morgan fingerprint density at radius 2 is 2.13 bits per heavy atom. The SMILES string of the molecule is CC(C)COC(=O)c1c2c(nn1-c1ccccc1O[C@H]1CCNC1)CCC(C)(C)C2. The number of hydrogen-bond acceptors (Lipinski definition) is 5. The topological polar surface area (TPSA) is 65.4 Å². The predicted octanol–water partition coefficient (Wildman–Crippen LogP) is 3.94. The summed E-state index contributed by atoms with van der Waals surface area (Å²) in [6, 6.07) is 7.86. The van der Waals surface area contributed by atoms with Gasteiger partial charge in [-0.2, -0.15) is 5.10 Å². The van der Waals surface area contributed by atoms with Crippen molar-refractivity contribution in [2.75, 3.05) is 19.7 Å². The summed E-state index contributed by atoms with van der Waals surface area (Å²) in [5.41, 5.74) is 3.52. The summed E-state index contributed by atoms with van der Waals surface area (Å²) in [5.74, 6) is 0.735. The second-order valence-corrected chi connectivity index (χ2v) is 9.72. The van der Waals surface area contributed by atoms with Gasteiger partial charge < -0.3 is 14.8 Å². The van der Waals surface area contributed by atoms with Crippen molar-refractivity contribution in [3.8, 4) is 11.4 Å². The first-order valence-electron chi connectivity index (χ1n) is 11.1. The average molecular weight is 412 g/mol. The first kappa shape index (κ1) is 20.9. The molecular formula is C24H33N3O3. The molecule has 1 aliphatic heterocycles. The Hall–Kier alpha value is -2.34. The Morgan fingerprint density at radius 1 is 1.33 bits per heavy atom. The molecule has 6 heteroatoms. The maximum absolute atomic E-state index is 13.2. The number of para-hydroxylation sites is 2. The molecule has 162 valence electrons. The quantitative estimate of drug-likeness (QED) is 0.730. The Bertz CT molecular complexity index is 910. The van der Waals surface area contributed by atoms with E-state index in [-0.39, 0.29) is 23.4 Å². The molecule has 1 saturated heterocycles. The molecule has 2 heterocycles. The number of nitrogens with zero attached hydrogens (tertiary/aromatic N) is 2. The molecule has 0 bridgehead atoms. The van der Waals surface area contributed by atoms with Crippen molar-refractivity contribution >= 4 is 5.97 Å². The molecule has 2 aromatic rings. The van der Waals surface area contributed by atoms with Crippen LogP contribution in [-0.4, -0.2) is 41.6 Å². The Morgan fingerprint density at radius 3 is 2.87 bits per heavy atom. The molecule has 1 fully saturated rings. The third kappa shape index (κ3) is 4.38. The van der Waals surface area contributed by atoms with Crippen molar-refractivity contribution in [2.24, 2.45) is 11.3 Å². The zero-order valence-corrected chi connectivity index (χ0v) is 18.5. The number of benzene rings is 1. The number of nitrogens with one attached hydrogen (secondary N) is 1.